The molecule has 0 unspecified atom stereocenters. The predicted octanol–water partition coefficient (Wildman–Crippen LogP) is 1.87. The Labute approximate surface area is 107 Å². The van der Waals surface area contributed by atoms with Gasteiger partial charge < -0.3 is 19.9 Å². The van der Waals surface area contributed by atoms with E-state index < -0.39 is 5.97 Å². The average Bonchev–Trinajstić information content (AvgIpc) is 2.74. The fourth-order valence-electron chi connectivity index (χ4n) is 1.84. The Morgan fingerprint density at radius 3 is 2.83 bits per heavy atom. The van der Waals surface area contributed by atoms with E-state index in [2.05, 4.69) is 19.2 Å². The molecular formula is C13H21NO4. The molecule has 0 aliphatic heterocycles. The Morgan fingerprint density at radius 1 is 1.50 bits per heavy atom. The standard InChI is InChI=1S/C13H21NO4/c1-13(2,5-3-6-15)9-14-8-10-4-7-18-11(10)12(16)17/h4,7,14-15H,3,5-6,8-9H2,1-2H3,(H,16,17). The number of aliphatic hydroxyl groups excluding tert-OH is 1. The van der Waals surface area contributed by atoms with Crippen molar-refractivity contribution in [2.24, 2.45) is 5.41 Å². The minimum absolute atomic E-state index is 0.00401. The van der Waals surface area contributed by atoms with E-state index in [1.54, 1.807) is 6.07 Å². The molecule has 0 fully saturated rings. The highest BCUT2D eigenvalue weighted by molar-refractivity contribution is 5.86. The van der Waals surface area contributed by atoms with Crippen LogP contribution in [0.15, 0.2) is 16.7 Å². The second kappa shape index (κ2) is 6.56. The number of rotatable bonds is 8. The molecule has 0 aliphatic carbocycles. The van der Waals surface area contributed by atoms with E-state index in [9.17, 15) is 4.79 Å². The molecule has 5 heteroatoms. The first-order chi connectivity index (χ1) is 8.46. The monoisotopic (exact) mass is 255 g/mol. The summed E-state index contributed by atoms with van der Waals surface area (Å²) in [7, 11) is 0. The number of carboxylic acid groups (broad SMARTS) is 1. The Kier molecular flexibility index (Phi) is 5.37. The SMILES string of the molecule is CC(C)(CCCO)CNCc1ccoc1C(=O)O. The van der Waals surface area contributed by atoms with E-state index in [0.29, 0.717) is 12.1 Å². The van der Waals surface area contributed by atoms with Gasteiger partial charge in [0.25, 0.3) is 0 Å². The minimum Gasteiger partial charge on any atom is -0.475 e. The smallest absolute Gasteiger partial charge is 0.372 e. The zero-order valence-corrected chi connectivity index (χ0v) is 10.9. The number of hydrogen-bond donors (Lipinski definition) is 3. The molecule has 0 saturated heterocycles. The number of aliphatic hydroxyl groups is 1. The molecule has 0 amide bonds. The number of carbonyl (C=O) groups is 1. The molecule has 0 atom stereocenters. The van der Waals surface area contributed by atoms with Gasteiger partial charge in [-0.15, -0.1) is 0 Å². The number of hydrogen-bond acceptors (Lipinski definition) is 4. The molecule has 0 radical (unpaired) electrons. The van der Waals surface area contributed by atoms with E-state index in [-0.39, 0.29) is 17.8 Å². The fraction of sp³-hybridized carbons (Fsp3) is 0.615. The summed E-state index contributed by atoms with van der Waals surface area (Å²) in [5.41, 5.74) is 0.732. The molecule has 0 aliphatic rings. The molecule has 5 nitrogen and oxygen atoms in total. The van der Waals surface area contributed by atoms with Gasteiger partial charge in [-0.25, -0.2) is 4.79 Å². The van der Waals surface area contributed by atoms with Gasteiger partial charge in [0.1, 0.15) is 0 Å². The molecule has 0 aromatic carbocycles. The van der Waals surface area contributed by atoms with Crippen molar-refractivity contribution >= 4 is 5.97 Å². The van der Waals surface area contributed by atoms with Gasteiger partial charge in [0.05, 0.1) is 6.26 Å². The van der Waals surface area contributed by atoms with E-state index in [0.717, 1.165) is 19.4 Å². The Bertz CT molecular complexity index is 384. The van der Waals surface area contributed by atoms with Gasteiger partial charge in [0.2, 0.25) is 5.76 Å². The van der Waals surface area contributed by atoms with Crippen LogP contribution >= 0.6 is 0 Å². The maximum Gasteiger partial charge on any atom is 0.372 e. The van der Waals surface area contributed by atoms with Crippen LogP contribution in [0.25, 0.3) is 0 Å². The second-order valence-corrected chi connectivity index (χ2v) is 5.18. The topological polar surface area (TPSA) is 82.7 Å². The summed E-state index contributed by atoms with van der Waals surface area (Å²) in [6.07, 6.45) is 3.09. The number of nitrogens with one attached hydrogen (secondary N) is 1. The number of carboxylic acids is 1. The van der Waals surface area contributed by atoms with Gasteiger partial charge in [-0.1, -0.05) is 13.8 Å². The summed E-state index contributed by atoms with van der Waals surface area (Å²) < 4.78 is 4.90. The molecule has 102 valence electrons. The van der Waals surface area contributed by atoms with Gasteiger partial charge in [-0.3, -0.25) is 0 Å². The quantitative estimate of drug-likeness (QED) is 0.660. The number of aromatic carboxylic acids is 1. The van der Waals surface area contributed by atoms with Gasteiger partial charge in [-0.05, 0) is 24.3 Å². The average molecular weight is 255 g/mol. The van der Waals surface area contributed by atoms with Crippen molar-refractivity contribution in [3.63, 3.8) is 0 Å². The first-order valence-electron chi connectivity index (χ1n) is 6.07. The van der Waals surface area contributed by atoms with Crippen molar-refractivity contribution in [1.29, 1.82) is 0 Å². The van der Waals surface area contributed by atoms with Crippen molar-refractivity contribution < 1.29 is 19.4 Å². The van der Waals surface area contributed by atoms with Gasteiger partial charge in [0, 0.05) is 25.3 Å². The van der Waals surface area contributed by atoms with E-state index >= 15 is 0 Å². The molecule has 0 bridgehead atoms. The van der Waals surface area contributed by atoms with E-state index in [4.69, 9.17) is 14.6 Å². The normalized spacial score (nSPS) is 11.7. The summed E-state index contributed by atoms with van der Waals surface area (Å²) >= 11 is 0. The van der Waals surface area contributed by atoms with Crippen LogP contribution in [0.3, 0.4) is 0 Å². The molecule has 0 spiro atoms. The molecule has 1 rings (SSSR count). The lowest BCUT2D eigenvalue weighted by Crippen LogP contribution is -2.29. The zero-order chi connectivity index (χ0) is 13.6. The molecule has 18 heavy (non-hydrogen) atoms. The maximum absolute atomic E-state index is 10.8. The third kappa shape index (κ3) is 4.50. The lowest BCUT2D eigenvalue weighted by molar-refractivity contribution is 0.0660. The Hall–Kier alpha value is -1.33. The lowest BCUT2D eigenvalue weighted by Gasteiger charge is -2.24. The summed E-state index contributed by atoms with van der Waals surface area (Å²) in [5.74, 6) is -1.05. The van der Waals surface area contributed by atoms with Crippen LogP contribution in [0.1, 0.15) is 42.8 Å². The van der Waals surface area contributed by atoms with Gasteiger partial charge in [0.15, 0.2) is 0 Å². The molecule has 0 saturated carbocycles. The highest BCUT2D eigenvalue weighted by atomic mass is 16.4. The summed E-state index contributed by atoms with van der Waals surface area (Å²) in [6, 6.07) is 1.66. The number of furan rings is 1. The first-order valence-corrected chi connectivity index (χ1v) is 6.07. The minimum atomic E-state index is -1.05. The van der Waals surface area contributed by atoms with E-state index in [1.165, 1.54) is 6.26 Å². The summed E-state index contributed by atoms with van der Waals surface area (Å²) in [4.78, 5) is 10.8. The third-order valence-corrected chi connectivity index (χ3v) is 2.87. The van der Waals surface area contributed by atoms with Crippen LogP contribution in [0.5, 0.6) is 0 Å². The van der Waals surface area contributed by atoms with Crippen LogP contribution in [0, 0.1) is 5.41 Å². The Morgan fingerprint density at radius 2 is 2.22 bits per heavy atom. The highest BCUT2D eigenvalue weighted by Gasteiger charge is 2.18. The van der Waals surface area contributed by atoms with E-state index in [1.807, 2.05) is 0 Å². The highest BCUT2D eigenvalue weighted by Crippen LogP contribution is 2.21. The Balaban J connectivity index is 2.41. The van der Waals surface area contributed by atoms with Gasteiger partial charge >= 0.3 is 5.97 Å². The van der Waals surface area contributed by atoms with Crippen LogP contribution in [0.4, 0.5) is 0 Å². The van der Waals surface area contributed by atoms with Crippen molar-refractivity contribution in [3.05, 3.63) is 23.7 Å². The van der Waals surface area contributed by atoms with Crippen LogP contribution in [-0.2, 0) is 6.54 Å². The largest absolute Gasteiger partial charge is 0.475 e. The van der Waals surface area contributed by atoms with Crippen molar-refractivity contribution in [2.75, 3.05) is 13.2 Å². The summed E-state index contributed by atoms with van der Waals surface area (Å²) in [6.45, 7) is 5.67. The van der Waals surface area contributed by atoms with Crippen molar-refractivity contribution in [2.45, 2.75) is 33.2 Å². The second-order valence-electron chi connectivity index (χ2n) is 5.18. The zero-order valence-electron chi connectivity index (χ0n) is 10.9. The maximum atomic E-state index is 10.8. The molecular weight excluding hydrogens is 234 g/mol. The lowest BCUT2D eigenvalue weighted by atomic mass is 9.88. The fourth-order valence-corrected chi connectivity index (χ4v) is 1.84. The molecule has 1 aromatic heterocycles. The van der Waals surface area contributed by atoms with Crippen LogP contribution < -0.4 is 5.32 Å². The van der Waals surface area contributed by atoms with Gasteiger partial charge in [-0.2, -0.15) is 0 Å². The molecule has 1 heterocycles. The first kappa shape index (κ1) is 14.7. The summed E-state index contributed by atoms with van der Waals surface area (Å²) in [5, 5.41) is 20.9. The van der Waals surface area contributed by atoms with Crippen LogP contribution in [0.2, 0.25) is 0 Å². The third-order valence-electron chi connectivity index (χ3n) is 2.87. The predicted molar refractivity (Wildman–Crippen MR) is 67.5 cm³/mol. The molecule has 1 aromatic rings. The van der Waals surface area contributed by atoms with Crippen molar-refractivity contribution in [1.82, 2.24) is 5.32 Å². The van der Waals surface area contributed by atoms with Crippen molar-refractivity contribution in [3.8, 4) is 0 Å². The molecule has 3 N–H and O–H groups in total. The van der Waals surface area contributed by atoms with Crippen LogP contribution in [-0.4, -0.2) is 29.3 Å².